The summed E-state index contributed by atoms with van der Waals surface area (Å²) in [5.74, 6) is 1.98. The van der Waals surface area contributed by atoms with Crippen molar-refractivity contribution in [1.29, 1.82) is 0 Å². The van der Waals surface area contributed by atoms with Gasteiger partial charge in [0.25, 0.3) is 0 Å². The fourth-order valence-corrected chi connectivity index (χ4v) is 2.46. The first-order valence-corrected chi connectivity index (χ1v) is 6.78. The number of rotatable bonds is 0. The molecule has 104 valence electrons. The predicted octanol–water partition coefficient (Wildman–Crippen LogP) is 0.948. The van der Waals surface area contributed by atoms with Crippen LogP contribution in [0.1, 0.15) is 0 Å². The van der Waals surface area contributed by atoms with Gasteiger partial charge in [0.05, 0.1) is 35.2 Å². The molecule has 22 heavy (non-hydrogen) atoms. The van der Waals surface area contributed by atoms with Crippen molar-refractivity contribution in [1.82, 2.24) is 10.6 Å². The SMILES string of the molecule is C1=CC2=NC1=CC1=NC(=C3NC=C(C=C4C=NC2=N4)N3)N=C1. The van der Waals surface area contributed by atoms with E-state index in [2.05, 4.69) is 35.6 Å². The standard InChI is InChI=1S/C15H9N7/c1-2-12-13-16-5-10(20-13)4-11-7-18-15(22-11)14-17-6-9(21-14)3-8(1)19-12/h1-7,18,22H. The van der Waals surface area contributed by atoms with Crippen LogP contribution in [0.25, 0.3) is 0 Å². The zero-order chi connectivity index (χ0) is 14.5. The minimum atomic E-state index is 0.615. The van der Waals surface area contributed by atoms with E-state index >= 15 is 0 Å². The molecule has 0 radical (unpaired) electrons. The van der Waals surface area contributed by atoms with Gasteiger partial charge < -0.3 is 10.6 Å². The number of amidine groups is 1. The molecule has 5 rings (SSSR count). The van der Waals surface area contributed by atoms with Gasteiger partial charge >= 0.3 is 0 Å². The molecule has 7 heteroatoms. The minimum absolute atomic E-state index is 0.615. The molecule has 0 spiro atoms. The van der Waals surface area contributed by atoms with Gasteiger partial charge in [-0.15, -0.1) is 0 Å². The first-order valence-electron chi connectivity index (χ1n) is 6.78. The number of fused-ring (bicyclic) bond motifs is 6. The number of hydrogen-bond acceptors (Lipinski definition) is 7. The average molecular weight is 287 g/mol. The Bertz CT molecular complexity index is 914. The molecular formula is C15H9N7. The van der Waals surface area contributed by atoms with Crippen LogP contribution in [0, 0.1) is 0 Å². The van der Waals surface area contributed by atoms with Gasteiger partial charge in [0.1, 0.15) is 5.71 Å². The van der Waals surface area contributed by atoms with Gasteiger partial charge in [-0.2, -0.15) is 0 Å². The third-order valence-electron chi connectivity index (χ3n) is 3.46. The molecule has 0 aromatic carbocycles. The van der Waals surface area contributed by atoms with Crippen molar-refractivity contribution < 1.29 is 0 Å². The van der Waals surface area contributed by atoms with E-state index in [9.17, 15) is 0 Å². The van der Waals surface area contributed by atoms with Crippen LogP contribution in [0.15, 0.2) is 84.2 Å². The van der Waals surface area contributed by atoms with Crippen molar-refractivity contribution in [3.63, 3.8) is 0 Å². The molecule has 0 saturated heterocycles. The number of nitrogens with one attached hydrogen (secondary N) is 2. The molecule has 7 nitrogen and oxygen atoms in total. The van der Waals surface area contributed by atoms with Crippen molar-refractivity contribution in [2.45, 2.75) is 0 Å². The first kappa shape index (κ1) is 11.3. The summed E-state index contributed by atoms with van der Waals surface area (Å²) in [6, 6.07) is 0. The van der Waals surface area contributed by atoms with Gasteiger partial charge in [0.2, 0.25) is 0 Å². The molecule has 8 bridgehead atoms. The van der Waals surface area contributed by atoms with Crippen LogP contribution in [-0.4, -0.2) is 29.7 Å². The lowest BCUT2D eigenvalue weighted by Gasteiger charge is -2.02. The third kappa shape index (κ3) is 1.72. The number of nitrogens with zero attached hydrogens (tertiary/aromatic N) is 5. The van der Waals surface area contributed by atoms with Gasteiger partial charge in [-0.1, -0.05) is 0 Å². The Morgan fingerprint density at radius 3 is 2.86 bits per heavy atom. The van der Waals surface area contributed by atoms with E-state index in [0.717, 1.165) is 34.3 Å². The Morgan fingerprint density at radius 1 is 0.864 bits per heavy atom. The molecule has 0 aromatic heterocycles. The average Bonchev–Trinajstić information content (AvgIpc) is 3.24. The van der Waals surface area contributed by atoms with Gasteiger partial charge in [-0.3, -0.25) is 0 Å². The van der Waals surface area contributed by atoms with Gasteiger partial charge in [0, 0.05) is 6.20 Å². The summed E-state index contributed by atoms with van der Waals surface area (Å²) in [5.41, 5.74) is 3.97. The third-order valence-corrected chi connectivity index (χ3v) is 3.46. The summed E-state index contributed by atoms with van der Waals surface area (Å²) in [6.45, 7) is 0. The largest absolute Gasteiger partial charge is 0.343 e. The highest BCUT2D eigenvalue weighted by atomic mass is 15.2. The summed E-state index contributed by atoms with van der Waals surface area (Å²) in [4.78, 5) is 22.1. The molecule has 0 fully saturated rings. The predicted molar refractivity (Wildman–Crippen MR) is 86.0 cm³/mol. The molecule has 5 heterocycles. The second-order valence-electron chi connectivity index (χ2n) is 5.02. The summed E-state index contributed by atoms with van der Waals surface area (Å²) < 4.78 is 0. The Balaban J connectivity index is 1.69. The smallest absolute Gasteiger partial charge is 0.194 e. The Kier molecular flexibility index (Phi) is 2.10. The highest BCUT2D eigenvalue weighted by molar-refractivity contribution is 6.49. The Hall–Kier alpha value is -3.35. The molecule has 0 aliphatic carbocycles. The van der Waals surface area contributed by atoms with Crippen molar-refractivity contribution in [3.05, 3.63) is 59.2 Å². The van der Waals surface area contributed by atoms with Crippen molar-refractivity contribution in [2.24, 2.45) is 25.0 Å². The van der Waals surface area contributed by atoms with E-state index in [0.29, 0.717) is 11.7 Å². The van der Waals surface area contributed by atoms with Crippen LogP contribution in [-0.2, 0) is 0 Å². The molecule has 0 atom stereocenters. The fraction of sp³-hybridized carbons (Fsp3) is 0. The van der Waals surface area contributed by atoms with Crippen LogP contribution in [0.5, 0.6) is 0 Å². The highest BCUT2D eigenvalue weighted by Gasteiger charge is 2.19. The fourth-order valence-electron chi connectivity index (χ4n) is 2.46. The second-order valence-corrected chi connectivity index (χ2v) is 5.02. The maximum atomic E-state index is 4.52. The summed E-state index contributed by atoms with van der Waals surface area (Å²) in [7, 11) is 0. The van der Waals surface area contributed by atoms with E-state index in [-0.39, 0.29) is 0 Å². The molecule has 2 N–H and O–H groups in total. The van der Waals surface area contributed by atoms with Crippen molar-refractivity contribution in [2.75, 3.05) is 0 Å². The summed E-state index contributed by atoms with van der Waals surface area (Å²) in [5, 5.41) is 6.36. The lowest BCUT2D eigenvalue weighted by Crippen LogP contribution is -2.13. The molecule has 0 saturated carbocycles. The van der Waals surface area contributed by atoms with Crippen molar-refractivity contribution >= 4 is 29.7 Å². The maximum absolute atomic E-state index is 4.52. The van der Waals surface area contributed by atoms with Crippen LogP contribution >= 0.6 is 0 Å². The number of allylic oxidation sites excluding steroid dienone is 4. The van der Waals surface area contributed by atoms with Crippen LogP contribution in [0.3, 0.4) is 0 Å². The second kappa shape index (κ2) is 4.08. The zero-order valence-corrected chi connectivity index (χ0v) is 11.3. The molecule has 0 amide bonds. The quantitative estimate of drug-likeness (QED) is 0.695. The lowest BCUT2D eigenvalue weighted by molar-refractivity contribution is 0.920. The van der Waals surface area contributed by atoms with Crippen LogP contribution in [0.2, 0.25) is 0 Å². The topological polar surface area (TPSA) is 85.9 Å². The highest BCUT2D eigenvalue weighted by Crippen LogP contribution is 2.19. The van der Waals surface area contributed by atoms with E-state index in [1.54, 1.807) is 12.4 Å². The zero-order valence-electron chi connectivity index (χ0n) is 11.3. The van der Waals surface area contributed by atoms with E-state index in [1.165, 1.54) is 0 Å². The summed E-state index contributed by atoms with van der Waals surface area (Å²) in [6.07, 6.45) is 12.9. The molecule has 0 aromatic rings. The van der Waals surface area contributed by atoms with Crippen LogP contribution < -0.4 is 10.6 Å². The monoisotopic (exact) mass is 287 g/mol. The van der Waals surface area contributed by atoms with E-state index in [4.69, 9.17) is 0 Å². The molecular weight excluding hydrogens is 278 g/mol. The number of aliphatic imine (C=N–C) groups is 5. The normalized spacial score (nSPS) is 23.3. The molecule has 0 unspecified atom stereocenters. The van der Waals surface area contributed by atoms with E-state index < -0.39 is 0 Å². The number of hydrogen-bond donors (Lipinski definition) is 2. The van der Waals surface area contributed by atoms with Gasteiger partial charge in [0.15, 0.2) is 17.5 Å². The lowest BCUT2D eigenvalue weighted by atomic mass is 10.3. The van der Waals surface area contributed by atoms with Crippen LogP contribution in [0.4, 0.5) is 0 Å². The minimum Gasteiger partial charge on any atom is -0.343 e. The van der Waals surface area contributed by atoms with Gasteiger partial charge in [-0.25, -0.2) is 25.0 Å². The van der Waals surface area contributed by atoms with Gasteiger partial charge in [-0.05, 0) is 24.3 Å². The Labute approximate surface area is 125 Å². The van der Waals surface area contributed by atoms with E-state index in [1.807, 2.05) is 30.5 Å². The molecule has 5 aliphatic heterocycles. The Morgan fingerprint density at radius 2 is 1.86 bits per heavy atom. The molecule has 5 aliphatic rings. The maximum Gasteiger partial charge on any atom is 0.194 e. The first-order chi connectivity index (χ1) is 10.8. The summed E-state index contributed by atoms with van der Waals surface area (Å²) >= 11 is 0. The van der Waals surface area contributed by atoms with Crippen molar-refractivity contribution in [3.8, 4) is 0 Å².